The van der Waals surface area contributed by atoms with E-state index in [1.807, 2.05) is 37.5 Å². The summed E-state index contributed by atoms with van der Waals surface area (Å²) in [7, 11) is -0.279. The molecule has 0 spiro atoms. The van der Waals surface area contributed by atoms with E-state index in [0.29, 0.717) is 26.1 Å². The Morgan fingerprint density at radius 3 is 2.72 bits per heavy atom. The largest absolute Gasteiger partial charge is 0.337 e. The topological polar surface area (TPSA) is 75.5 Å². The molecule has 0 aliphatic carbocycles. The summed E-state index contributed by atoms with van der Waals surface area (Å²) in [4.78, 5) is 14.8. The number of sulfonamides is 1. The molecule has 1 aliphatic rings. The lowest BCUT2D eigenvalue weighted by Crippen LogP contribution is -2.37. The van der Waals surface area contributed by atoms with Crippen molar-refractivity contribution in [1.29, 1.82) is 0 Å². The van der Waals surface area contributed by atoms with Crippen molar-refractivity contribution < 1.29 is 13.2 Å². The molecule has 2 aromatic heterocycles. The fourth-order valence-electron chi connectivity index (χ4n) is 3.54. The van der Waals surface area contributed by atoms with Gasteiger partial charge in [0.15, 0.2) is 0 Å². The van der Waals surface area contributed by atoms with Crippen molar-refractivity contribution in [2.45, 2.75) is 24.4 Å². The number of aryl methyl sites for hydroxylation is 1. The Labute approximate surface area is 174 Å². The molecule has 0 radical (unpaired) electrons. The van der Waals surface area contributed by atoms with Gasteiger partial charge in [0.25, 0.3) is 5.91 Å². The molecule has 0 saturated heterocycles. The SMILES string of the molecule is CN(Cc1cnn(C)c1)C(=O)c1sccc1S(=O)(=O)N1CCc2ccccc2C1. The number of benzene rings is 1. The summed E-state index contributed by atoms with van der Waals surface area (Å²) >= 11 is 1.16. The molecule has 1 aromatic carbocycles. The highest BCUT2D eigenvalue weighted by molar-refractivity contribution is 7.89. The van der Waals surface area contributed by atoms with E-state index in [2.05, 4.69) is 5.10 Å². The van der Waals surface area contributed by atoms with Gasteiger partial charge in [-0.05, 0) is 29.0 Å². The van der Waals surface area contributed by atoms with Crippen LogP contribution >= 0.6 is 11.3 Å². The molecule has 3 aromatic rings. The zero-order valence-electron chi connectivity index (χ0n) is 16.3. The maximum absolute atomic E-state index is 13.3. The molecule has 9 heteroatoms. The number of carbonyl (C=O) groups excluding carboxylic acids is 1. The minimum atomic E-state index is -3.76. The molecule has 0 unspecified atom stereocenters. The molecule has 4 rings (SSSR count). The van der Waals surface area contributed by atoms with Crippen LogP contribution < -0.4 is 0 Å². The molecule has 3 heterocycles. The first-order chi connectivity index (χ1) is 13.9. The van der Waals surface area contributed by atoms with Gasteiger partial charge in [0, 0.05) is 45.5 Å². The number of thiophene rings is 1. The lowest BCUT2D eigenvalue weighted by Gasteiger charge is -2.28. The zero-order chi connectivity index (χ0) is 20.6. The fourth-order valence-corrected chi connectivity index (χ4v) is 6.35. The van der Waals surface area contributed by atoms with Crippen LogP contribution in [-0.4, -0.2) is 46.9 Å². The molecule has 0 N–H and O–H groups in total. The smallest absolute Gasteiger partial charge is 0.265 e. The van der Waals surface area contributed by atoms with Gasteiger partial charge in [-0.25, -0.2) is 8.42 Å². The Bertz CT molecular complexity index is 1150. The van der Waals surface area contributed by atoms with E-state index in [9.17, 15) is 13.2 Å². The van der Waals surface area contributed by atoms with Gasteiger partial charge in [-0.15, -0.1) is 11.3 Å². The van der Waals surface area contributed by atoms with E-state index < -0.39 is 10.0 Å². The monoisotopic (exact) mass is 430 g/mol. The predicted molar refractivity (Wildman–Crippen MR) is 111 cm³/mol. The molecule has 1 aliphatic heterocycles. The van der Waals surface area contributed by atoms with Crippen LogP contribution in [0.4, 0.5) is 0 Å². The molecular formula is C20H22N4O3S2. The molecule has 152 valence electrons. The summed E-state index contributed by atoms with van der Waals surface area (Å²) in [5.74, 6) is -0.306. The summed E-state index contributed by atoms with van der Waals surface area (Å²) in [5, 5.41) is 5.77. The van der Waals surface area contributed by atoms with Gasteiger partial charge in [0.05, 0.1) is 6.20 Å². The molecular weight excluding hydrogens is 408 g/mol. The van der Waals surface area contributed by atoms with Gasteiger partial charge in [-0.1, -0.05) is 24.3 Å². The summed E-state index contributed by atoms with van der Waals surface area (Å²) in [5.41, 5.74) is 3.08. The van der Waals surface area contributed by atoms with Gasteiger partial charge < -0.3 is 4.90 Å². The van der Waals surface area contributed by atoms with E-state index in [1.54, 1.807) is 23.3 Å². The van der Waals surface area contributed by atoms with Crippen LogP contribution in [0.1, 0.15) is 26.4 Å². The minimum absolute atomic E-state index is 0.0879. The first kappa shape index (κ1) is 19.8. The van der Waals surface area contributed by atoms with Gasteiger partial charge in [-0.3, -0.25) is 9.48 Å². The number of hydrogen-bond donors (Lipinski definition) is 0. The van der Waals surface area contributed by atoms with Crippen LogP contribution in [0.3, 0.4) is 0 Å². The van der Waals surface area contributed by atoms with Gasteiger partial charge in [-0.2, -0.15) is 9.40 Å². The number of rotatable bonds is 5. The van der Waals surface area contributed by atoms with E-state index >= 15 is 0 Å². The number of carbonyl (C=O) groups is 1. The molecule has 0 saturated carbocycles. The van der Waals surface area contributed by atoms with E-state index in [4.69, 9.17) is 0 Å². The number of hydrogen-bond acceptors (Lipinski definition) is 5. The average Bonchev–Trinajstić information content (AvgIpc) is 3.36. The first-order valence-corrected chi connectivity index (χ1v) is 11.6. The normalized spacial score (nSPS) is 14.6. The summed E-state index contributed by atoms with van der Waals surface area (Å²) in [6.07, 6.45) is 4.20. The molecule has 0 atom stereocenters. The molecule has 0 fully saturated rings. The highest BCUT2D eigenvalue weighted by Crippen LogP contribution is 2.30. The summed E-state index contributed by atoms with van der Waals surface area (Å²) in [6.45, 7) is 1.10. The van der Waals surface area contributed by atoms with E-state index in [-0.39, 0.29) is 15.7 Å². The average molecular weight is 431 g/mol. The standard InChI is InChI=1S/C20H22N4O3S2/c1-22(12-15-11-21-23(2)13-15)20(25)19-18(8-10-28-19)29(26,27)24-9-7-16-5-3-4-6-17(16)14-24/h3-6,8,10-11,13H,7,9,12,14H2,1-2H3. The third-order valence-corrected chi connectivity index (χ3v) is 7.98. The second-order valence-electron chi connectivity index (χ2n) is 7.15. The summed E-state index contributed by atoms with van der Waals surface area (Å²) < 4.78 is 29.8. The molecule has 1 amide bonds. The maximum atomic E-state index is 13.3. The van der Waals surface area contributed by atoms with Crippen molar-refractivity contribution in [3.63, 3.8) is 0 Å². The van der Waals surface area contributed by atoms with Crippen LogP contribution in [0.5, 0.6) is 0 Å². The van der Waals surface area contributed by atoms with Crippen molar-refractivity contribution in [2.75, 3.05) is 13.6 Å². The van der Waals surface area contributed by atoms with E-state index in [0.717, 1.165) is 22.5 Å². The highest BCUT2D eigenvalue weighted by Gasteiger charge is 2.33. The van der Waals surface area contributed by atoms with Crippen LogP contribution in [0.2, 0.25) is 0 Å². The lowest BCUT2D eigenvalue weighted by atomic mass is 10.0. The third-order valence-electron chi connectivity index (χ3n) is 5.06. The van der Waals surface area contributed by atoms with Crippen molar-refractivity contribution >= 4 is 27.3 Å². The van der Waals surface area contributed by atoms with Crippen LogP contribution in [0.15, 0.2) is 53.0 Å². The number of amides is 1. The van der Waals surface area contributed by atoms with Crippen molar-refractivity contribution in [1.82, 2.24) is 19.0 Å². The lowest BCUT2D eigenvalue weighted by molar-refractivity contribution is 0.0786. The quantitative estimate of drug-likeness (QED) is 0.623. The van der Waals surface area contributed by atoms with Crippen molar-refractivity contribution in [3.8, 4) is 0 Å². The summed E-state index contributed by atoms with van der Waals surface area (Å²) in [6, 6.07) is 9.41. The second kappa shape index (κ2) is 7.74. The first-order valence-electron chi connectivity index (χ1n) is 9.23. The van der Waals surface area contributed by atoms with Crippen LogP contribution in [-0.2, 0) is 36.6 Å². The Kier molecular flexibility index (Phi) is 5.28. The van der Waals surface area contributed by atoms with Gasteiger partial charge in [0.1, 0.15) is 9.77 Å². The van der Waals surface area contributed by atoms with Crippen LogP contribution in [0, 0.1) is 0 Å². The van der Waals surface area contributed by atoms with Crippen LogP contribution in [0.25, 0.3) is 0 Å². The number of fused-ring (bicyclic) bond motifs is 1. The van der Waals surface area contributed by atoms with Gasteiger partial charge in [0.2, 0.25) is 10.0 Å². The molecule has 0 bridgehead atoms. The third kappa shape index (κ3) is 3.85. The minimum Gasteiger partial charge on any atom is -0.337 e. The Morgan fingerprint density at radius 1 is 1.24 bits per heavy atom. The highest BCUT2D eigenvalue weighted by atomic mass is 32.2. The van der Waals surface area contributed by atoms with Gasteiger partial charge >= 0.3 is 0 Å². The Morgan fingerprint density at radius 2 is 2.00 bits per heavy atom. The van der Waals surface area contributed by atoms with E-state index in [1.165, 1.54) is 20.8 Å². The maximum Gasteiger partial charge on any atom is 0.265 e. The molecule has 7 nitrogen and oxygen atoms in total. The Balaban J connectivity index is 1.57. The second-order valence-corrected chi connectivity index (χ2v) is 9.98. The number of aromatic nitrogens is 2. The predicted octanol–water partition coefficient (Wildman–Crippen LogP) is 2.50. The Hall–Kier alpha value is -2.49. The van der Waals surface area contributed by atoms with Crippen molar-refractivity contribution in [3.05, 3.63) is 69.7 Å². The molecule has 29 heavy (non-hydrogen) atoms. The zero-order valence-corrected chi connectivity index (χ0v) is 17.9. The fraction of sp³-hybridized carbons (Fsp3) is 0.300. The number of nitrogens with zero attached hydrogens (tertiary/aromatic N) is 4. The van der Waals surface area contributed by atoms with Crippen molar-refractivity contribution in [2.24, 2.45) is 7.05 Å².